The highest BCUT2D eigenvalue weighted by molar-refractivity contribution is 14.1. The topological polar surface area (TPSA) is 0 Å². The van der Waals surface area contributed by atoms with E-state index in [9.17, 15) is 0 Å². The predicted octanol–water partition coefficient (Wildman–Crippen LogP) is 3.50. The van der Waals surface area contributed by atoms with Crippen molar-refractivity contribution in [3.8, 4) is 0 Å². The molecule has 0 fully saturated rings. The van der Waals surface area contributed by atoms with E-state index in [0.29, 0.717) is 5.92 Å². The fourth-order valence-electron chi connectivity index (χ4n) is 1.60. The Morgan fingerprint density at radius 2 is 2.25 bits per heavy atom. The molecular weight excluding hydrogens is 259 g/mol. The van der Waals surface area contributed by atoms with Gasteiger partial charge in [-0.3, -0.25) is 0 Å². The summed E-state index contributed by atoms with van der Waals surface area (Å²) in [4.78, 5) is 0. The molecule has 0 aromatic heterocycles. The van der Waals surface area contributed by atoms with Crippen LogP contribution in [0, 0.1) is 9.49 Å². The van der Waals surface area contributed by atoms with Crippen molar-refractivity contribution in [2.45, 2.75) is 13.3 Å². The molecule has 0 radical (unpaired) electrons. The molecule has 0 amide bonds. The number of rotatable bonds is 0. The van der Waals surface area contributed by atoms with Crippen LogP contribution in [-0.4, -0.2) is 0 Å². The zero-order valence-electron chi connectivity index (χ0n) is 7.05. The minimum atomic E-state index is 0.704. The summed E-state index contributed by atoms with van der Waals surface area (Å²) in [6.07, 6.45) is 5.72. The van der Waals surface area contributed by atoms with Crippen LogP contribution in [0.15, 0.2) is 24.3 Å². The molecule has 2 rings (SSSR count). The first-order chi connectivity index (χ1) is 5.75. The number of fused-ring (bicyclic) bond motifs is 1. The molecule has 0 saturated carbocycles. The van der Waals surface area contributed by atoms with Gasteiger partial charge in [0.1, 0.15) is 0 Å². The van der Waals surface area contributed by atoms with E-state index in [-0.39, 0.29) is 0 Å². The van der Waals surface area contributed by atoms with Gasteiger partial charge in [-0.05, 0) is 58.2 Å². The highest BCUT2D eigenvalue weighted by Gasteiger charge is 2.09. The summed E-state index contributed by atoms with van der Waals surface area (Å²) in [7, 11) is 0. The van der Waals surface area contributed by atoms with E-state index in [1.807, 2.05) is 0 Å². The second kappa shape index (κ2) is 3.21. The summed E-state index contributed by atoms with van der Waals surface area (Å²) in [5.41, 5.74) is 2.89. The Kier molecular flexibility index (Phi) is 2.22. The smallest absolute Gasteiger partial charge is 0.0133 e. The fraction of sp³-hybridized carbons (Fsp3) is 0.273. The monoisotopic (exact) mass is 270 g/mol. The van der Waals surface area contributed by atoms with E-state index >= 15 is 0 Å². The molecule has 1 aromatic carbocycles. The second-order valence-corrected chi connectivity index (χ2v) is 4.63. The van der Waals surface area contributed by atoms with E-state index in [2.05, 4.69) is 59.9 Å². The Morgan fingerprint density at radius 1 is 1.42 bits per heavy atom. The average Bonchev–Trinajstić information content (AvgIpc) is 2.03. The van der Waals surface area contributed by atoms with Gasteiger partial charge in [0.2, 0.25) is 0 Å². The molecule has 1 atom stereocenters. The molecular formula is C11H11I. The summed E-state index contributed by atoms with van der Waals surface area (Å²) in [5.74, 6) is 0.704. The Hall–Kier alpha value is -0.310. The first kappa shape index (κ1) is 8.30. The van der Waals surface area contributed by atoms with Crippen LogP contribution in [-0.2, 0) is 6.42 Å². The van der Waals surface area contributed by atoms with Crippen molar-refractivity contribution in [1.82, 2.24) is 0 Å². The van der Waals surface area contributed by atoms with Crippen molar-refractivity contribution in [3.05, 3.63) is 39.0 Å². The van der Waals surface area contributed by atoms with Crippen LogP contribution in [0.3, 0.4) is 0 Å². The maximum absolute atomic E-state index is 2.37. The van der Waals surface area contributed by atoms with Gasteiger partial charge in [0, 0.05) is 3.57 Å². The molecule has 1 aliphatic rings. The molecule has 62 valence electrons. The largest absolute Gasteiger partial charge is 0.0808 e. The lowest BCUT2D eigenvalue weighted by atomic mass is 9.91. The molecule has 0 bridgehead atoms. The first-order valence-corrected chi connectivity index (χ1v) is 5.30. The van der Waals surface area contributed by atoms with Crippen molar-refractivity contribution in [1.29, 1.82) is 0 Å². The second-order valence-electron chi connectivity index (χ2n) is 3.38. The molecule has 0 N–H and O–H groups in total. The Balaban J connectivity index is 2.47. The lowest BCUT2D eigenvalue weighted by Crippen LogP contribution is -2.03. The molecule has 1 aromatic rings. The van der Waals surface area contributed by atoms with Crippen LogP contribution in [0.1, 0.15) is 18.1 Å². The minimum absolute atomic E-state index is 0.704. The van der Waals surface area contributed by atoms with Crippen molar-refractivity contribution in [2.75, 3.05) is 0 Å². The van der Waals surface area contributed by atoms with E-state index in [1.165, 1.54) is 21.1 Å². The molecule has 0 saturated heterocycles. The predicted molar refractivity (Wildman–Crippen MR) is 61.1 cm³/mol. The van der Waals surface area contributed by atoms with E-state index < -0.39 is 0 Å². The third kappa shape index (κ3) is 1.56. The molecule has 1 heteroatoms. The number of hydrogen-bond donors (Lipinski definition) is 0. The fourth-order valence-corrected chi connectivity index (χ4v) is 2.15. The zero-order valence-corrected chi connectivity index (χ0v) is 9.21. The number of halogens is 1. The summed E-state index contributed by atoms with van der Waals surface area (Å²) in [5, 5.41) is 0. The van der Waals surface area contributed by atoms with Gasteiger partial charge in [0.05, 0.1) is 0 Å². The van der Waals surface area contributed by atoms with Crippen molar-refractivity contribution < 1.29 is 0 Å². The van der Waals surface area contributed by atoms with Crippen LogP contribution in [0.4, 0.5) is 0 Å². The van der Waals surface area contributed by atoms with Crippen molar-refractivity contribution in [3.63, 3.8) is 0 Å². The van der Waals surface area contributed by atoms with Crippen LogP contribution in [0.2, 0.25) is 0 Å². The third-order valence-corrected chi connectivity index (χ3v) is 2.92. The SMILES string of the molecule is CC1C=Cc2ccc(I)cc2C1. The zero-order chi connectivity index (χ0) is 8.55. The molecule has 0 aliphatic heterocycles. The average molecular weight is 270 g/mol. The molecule has 1 aliphatic carbocycles. The summed E-state index contributed by atoms with van der Waals surface area (Å²) < 4.78 is 1.34. The lowest BCUT2D eigenvalue weighted by Gasteiger charge is -2.15. The van der Waals surface area contributed by atoms with E-state index in [0.717, 1.165) is 0 Å². The number of benzene rings is 1. The van der Waals surface area contributed by atoms with Crippen LogP contribution in [0.25, 0.3) is 6.08 Å². The van der Waals surface area contributed by atoms with Crippen LogP contribution < -0.4 is 0 Å². The Bertz CT molecular complexity index is 326. The highest BCUT2D eigenvalue weighted by atomic mass is 127. The quantitative estimate of drug-likeness (QED) is 0.633. The van der Waals surface area contributed by atoms with Crippen molar-refractivity contribution in [2.24, 2.45) is 5.92 Å². The minimum Gasteiger partial charge on any atom is -0.0808 e. The van der Waals surface area contributed by atoms with E-state index in [1.54, 1.807) is 0 Å². The van der Waals surface area contributed by atoms with Crippen molar-refractivity contribution >= 4 is 28.7 Å². The van der Waals surface area contributed by atoms with Gasteiger partial charge in [-0.15, -0.1) is 0 Å². The normalized spacial score (nSPS) is 20.7. The molecule has 0 heterocycles. The molecule has 0 spiro atoms. The summed E-state index contributed by atoms with van der Waals surface area (Å²) in [6.45, 7) is 2.26. The standard InChI is InChI=1S/C11H11I/c1-8-2-3-9-4-5-11(12)7-10(9)6-8/h2-5,7-8H,6H2,1H3. The Labute approximate surface area is 86.8 Å². The number of allylic oxidation sites excluding steroid dienone is 1. The van der Waals surface area contributed by atoms with Gasteiger partial charge in [-0.1, -0.05) is 25.1 Å². The molecule has 12 heavy (non-hydrogen) atoms. The van der Waals surface area contributed by atoms with Crippen LogP contribution in [0.5, 0.6) is 0 Å². The van der Waals surface area contributed by atoms with Gasteiger partial charge < -0.3 is 0 Å². The van der Waals surface area contributed by atoms with Crippen LogP contribution >= 0.6 is 22.6 Å². The van der Waals surface area contributed by atoms with Gasteiger partial charge in [-0.25, -0.2) is 0 Å². The van der Waals surface area contributed by atoms with Gasteiger partial charge in [-0.2, -0.15) is 0 Å². The maximum atomic E-state index is 2.37. The van der Waals surface area contributed by atoms with E-state index in [4.69, 9.17) is 0 Å². The maximum Gasteiger partial charge on any atom is 0.0133 e. The summed E-state index contributed by atoms with van der Waals surface area (Å²) in [6, 6.07) is 6.66. The van der Waals surface area contributed by atoms with Gasteiger partial charge in [0.25, 0.3) is 0 Å². The lowest BCUT2D eigenvalue weighted by molar-refractivity contribution is 0.717. The summed E-state index contributed by atoms with van der Waals surface area (Å²) >= 11 is 2.37. The third-order valence-electron chi connectivity index (χ3n) is 2.25. The van der Waals surface area contributed by atoms with Gasteiger partial charge >= 0.3 is 0 Å². The number of hydrogen-bond acceptors (Lipinski definition) is 0. The molecule has 0 nitrogen and oxygen atoms in total. The van der Waals surface area contributed by atoms with Gasteiger partial charge in [0.15, 0.2) is 0 Å². The highest BCUT2D eigenvalue weighted by Crippen LogP contribution is 2.23. The first-order valence-electron chi connectivity index (χ1n) is 4.22. The molecule has 1 unspecified atom stereocenters. The Morgan fingerprint density at radius 3 is 3.08 bits per heavy atom.